The number of nitrogens with one attached hydrogen (secondary N) is 2. The quantitative estimate of drug-likeness (QED) is 0.472. The third kappa shape index (κ3) is 5.07. The number of anilines is 1. The lowest BCUT2D eigenvalue weighted by Gasteiger charge is -2.31. The molecule has 1 amide bonds. The molecule has 0 bridgehead atoms. The van der Waals surface area contributed by atoms with E-state index in [1.807, 2.05) is 26.0 Å². The maximum atomic E-state index is 12.9. The molecule has 0 saturated heterocycles. The smallest absolute Gasteiger partial charge is 0.251 e. The molecule has 2 heterocycles. The minimum absolute atomic E-state index is 0.0210. The van der Waals surface area contributed by atoms with Crippen LogP contribution in [0.25, 0.3) is 10.9 Å². The Bertz CT molecular complexity index is 1250. The number of para-hydroxylation sites is 1. The number of hydrogen-bond acceptors (Lipinski definition) is 5. The van der Waals surface area contributed by atoms with E-state index < -0.39 is 5.79 Å². The molecule has 2 N–H and O–H groups in total. The average molecular weight is 474 g/mol. The van der Waals surface area contributed by atoms with Crippen molar-refractivity contribution in [3.05, 3.63) is 59.8 Å². The summed E-state index contributed by atoms with van der Waals surface area (Å²) in [6.07, 6.45) is 3.88. The van der Waals surface area contributed by atoms with Gasteiger partial charge in [0, 0.05) is 53.7 Å². The van der Waals surface area contributed by atoms with Crippen molar-refractivity contribution < 1.29 is 14.3 Å². The number of carbonyl (C=O) groups excluding carboxylic acids is 1. The molecule has 1 saturated carbocycles. The Morgan fingerprint density at radius 3 is 2.37 bits per heavy atom. The number of ether oxygens (including phenoxy) is 2. The number of fused-ring (bicyclic) bond motifs is 2. The third-order valence-corrected chi connectivity index (χ3v) is 6.82. The van der Waals surface area contributed by atoms with E-state index in [1.54, 1.807) is 12.1 Å². The predicted octanol–water partition coefficient (Wildman–Crippen LogP) is 6.19. The van der Waals surface area contributed by atoms with Crippen molar-refractivity contribution in [2.75, 3.05) is 5.32 Å². The first-order valence-corrected chi connectivity index (χ1v) is 12.6. The fourth-order valence-corrected chi connectivity index (χ4v) is 4.91. The van der Waals surface area contributed by atoms with Gasteiger partial charge in [0.05, 0.1) is 5.52 Å². The van der Waals surface area contributed by atoms with Gasteiger partial charge in [0.25, 0.3) is 5.91 Å². The molecule has 1 fully saturated rings. The lowest BCUT2D eigenvalue weighted by Crippen LogP contribution is -2.40. The van der Waals surface area contributed by atoms with Gasteiger partial charge in [0.15, 0.2) is 11.5 Å². The summed E-state index contributed by atoms with van der Waals surface area (Å²) in [7, 11) is 0. The molecule has 1 aromatic heterocycles. The summed E-state index contributed by atoms with van der Waals surface area (Å²) in [4.78, 5) is 17.8. The van der Waals surface area contributed by atoms with Crippen molar-refractivity contribution in [3.63, 3.8) is 0 Å². The first-order chi connectivity index (χ1) is 16.6. The van der Waals surface area contributed by atoms with Crippen LogP contribution < -0.4 is 20.1 Å². The zero-order valence-corrected chi connectivity index (χ0v) is 21.3. The zero-order valence-electron chi connectivity index (χ0n) is 21.3. The molecule has 6 heteroatoms. The number of pyridine rings is 1. The Labute approximate surface area is 207 Å². The normalized spacial score (nSPS) is 21.1. The van der Waals surface area contributed by atoms with E-state index in [4.69, 9.17) is 14.5 Å². The molecular formula is C29H35N3O3. The van der Waals surface area contributed by atoms with Crippen LogP contribution in [0.4, 0.5) is 5.69 Å². The van der Waals surface area contributed by atoms with Gasteiger partial charge in [-0.05, 0) is 56.0 Å². The summed E-state index contributed by atoms with van der Waals surface area (Å²) in [5.41, 5.74) is 3.84. The molecule has 0 spiro atoms. The maximum absolute atomic E-state index is 12.9. The molecule has 2 aliphatic rings. The average Bonchev–Trinajstić information content (AvgIpc) is 3.12. The van der Waals surface area contributed by atoms with Crippen LogP contribution in [0, 0.1) is 0 Å². The summed E-state index contributed by atoms with van der Waals surface area (Å²) in [6, 6.07) is 16.4. The molecule has 1 aliphatic heterocycles. The van der Waals surface area contributed by atoms with Crippen LogP contribution in [-0.2, 0) is 5.41 Å². The summed E-state index contributed by atoms with van der Waals surface area (Å²) < 4.78 is 11.5. The van der Waals surface area contributed by atoms with Gasteiger partial charge < -0.3 is 20.1 Å². The highest BCUT2D eigenvalue weighted by Gasteiger charge is 2.32. The molecule has 0 unspecified atom stereocenters. The van der Waals surface area contributed by atoms with E-state index in [0.717, 1.165) is 48.0 Å². The van der Waals surface area contributed by atoms with Gasteiger partial charge in [-0.15, -0.1) is 0 Å². The maximum Gasteiger partial charge on any atom is 0.251 e. The fourth-order valence-electron chi connectivity index (χ4n) is 4.91. The first-order valence-electron chi connectivity index (χ1n) is 12.6. The van der Waals surface area contributed by atoms with Crippen LogP contribution >= 0.6 is 0 Å². The number of benzene rings is 2. The Hall–Kier alpha value is -3.28. The fraction of sp³-hybridized carbons (Fsp3) is 0.448. The topological polar surface area (TPSA) is 72.5 Å². The van der Waals surface area contributed by atoms with E-state index in [1.165, 1.54) is 0 Å². The summed E-state index contributed by atoms with van der Waals surface area (Å²) in [6.45, 7) is 10.3. The highest BCUT2D eigenvalue weighted by molar-refractivity contribution is 5.95. The highest BCUT2D eigenvalue weighted by Crippen LogP contribution is 2.39. The second-order valence-corrected chi connectivity index (χ2v) is 11.3. The van der Waals surface area contributed by atoms with Crippen LogP contribution in [0.5, 0.6) is 11.5 Å². The molecule has 1 aliphatic carbocycles. The number of hydrogen-bond donors (Lipinski definition) is 2. The van der Waals surface area contributed by atoms with Gasteiger partial charge in [0.1, 0.15) is 0 Å². The van der Waals surface area contributed by atoms with E-state index in [-0.39, 0.29) is 17.4 Å². The van der Waals surface area contributed by atoms with Gasteiger partial charge in [-0.2, -0.15) is 0 Å². The summed E-state index contributed by atoms with van der Waals surface area (Å²) in [5.74, 6) is 0.537. The van der Waals surface area contributed by atoms with Crippen molar-refractivity contribution in [2.45, 2.75) is 83.6 Å². The molecule has 5 rings (SSSR count). The third-order valence-electron chi connectivity index (χ3n) is 6.82. The van der Waals surface area contributed by atoms with Crippen molar-refractivity contribution >= 4 is 22.5 Å². The molecule has 3 aromatic rings. The molecule has 0 atom stereocenters. The molecule has 35 heavy (non-hydrogen) atoms. The SMILES string of the molecule is CC1(C)Oc2ccc(C(=O)NC3CCC(Nc4cc(C(C)(C)C)nc5ccccc45)CC3)cc2O1. The molecule has 0 radical (unpaired) electrons. The highest BCUT2D eigenvalue weighted by atomic mass is 16.7. The minimum atomic E-state index is -0.698. The molecule has 2 aromatic carbocycles. The number of carbonyl (C=O) groups is 1. The summed E-state index contributed by atoms with van der Waals surface area (Å²) in [5, 5.41) is 8.17. The second kappa shape index (κ2) is 8.74. The van der Waals surface area contributed by atoms with Crippen LogP contribution in [0.2, 0.25) is 0 Å². The van der Waals surface area contributed by atoms with E-state index in [9.17, 15) is 4.79 Å². The van der Waals surface area contributed by atoms with Gasteiger partial charge in [-0.1, -0.05) is 39.0 Å². The Morgan fingerprint density at radius 1 is 0.943 bits per heavy atom. The Morgan fingerprint density at radius 2 is 1.63 bits per heavy atom. The number of rotatable bonds is 4. The largest absolute Gasteiger partial charge is 0.449 e. The van der Waals surface area contributed by atoms with Crippen LogP contribution in [0.1, 0.15) is 76.4 Å². The Balaban J connectivity index is 1.22. The predicted molar refractivity (Wildman–Crippen MR) is 139 cm³/mol. The van der Waals surface area contributed by atoms with Crippen LogP contribution in [0.15, 0.2) is 48.5 Å². The minimum Gasteiger partial charge on any atom is -0.449 e. The van der Waals surface area contributed by atoms with Crippen molar-refractivity contribution in [2.24, 2.45) is 0 Å². The van der Waals surface area contributed by atoms with E-state index in [0.29, 0.717) is 23.1 Å². The van der Waals surface area contributed by atoms with Crippen LogP contribution in [-0.4, -0.2) is 28.8 Å². The van der Waals surface area contributed by atoms with Crippen LogP contribution in [0.3, 0.4) is 0 Å². The van der Waals surface area contributed by atoms with Gasteiger partial charge >= 0.3 is 0 Å². The second-order valence-electron chi connectivity index (χ2n) is 11.3. The van der Waals surface area contributed by atoms with Gasteiger partial charge in [0.2, 0.25) is 5.79 Å². The molecular weight excluding hydrogens is 438 g/mol. The van der Waals surface area contributed by atoms with Crippen molar-refractivity contribution in [3.8, 4) is 11.5 Å². The van der Waals surface area contributed by atoms with E-state index in [2.05, 4.69) is 55.7 Å². The van der Waals surface area contributed by atoms with Gasteiger partial charge in [-0.3, -0.25) is 9.78 Å². The number of nitrogens with zero attached hydrogens (tertiary/aromatic N) is 1. The van der Waals surface area contributed by atoms with E-state index >= 15 is 0 Å². The standard InChI is InChI=1S/C29H35N3O3/c1-28(2,3)26-17-23(21-8-6-7-9-22(21)32-26)30-19-11-13-20(14-12-19)31-27(33)18-10-15-24-25(16-18)35-29(4,5)34-24/h6-10,15-17,19-20H,11-14H2,1-5H3,(H,30,32)(H,31,33). The Kier molecular flexibility index (Phi) is 5.86. The van der Waals surface area contributed by atoms with Crippen molar-refractivity contribution in [1.82, 2.24) is 10.3 Å². The van der Waals surface area contributed by atoms with Crippen molar-refractivity contribution in [1.29, 1.82) is 0 Å². The lowest BCUT2D eigenvalue weighted by molar-refractivity contribution is -0.0431. The summed E-state index contributed by atoms with van der Waals surface area (Å²) >= 11 is 0. The molecule has 6 nitrogen and oxygen atoms in total. The monoisotopic (exact) mass is 473 g/mol. The van der Waals surface area contributed by atoms with Gasteiger partial charge in [-0.25, -0.2) is 0 Å². The molecule has 184 valence electrons. The lowest BCUT2D eigenvalue weighted by atomic mass is 9.89. The number of amides is 1. The first kappa shape index (κ1) is 23.5. The number of aromatic nitrogens is 1. The zero-order chi connectivity index (χ0) is 24.8.